The Balaban J connectivity index is 1.75. The maximum atomic E-state index is 16.0. The first-order chi connectivity index (χ1) is 18.2. The second kappa shape index (κ2) is 9.06. The molecule has 0 aliphatic carbocycles. The van der Waals surface area contributed by atoms with E-state index in [1.807, 2.05) is 24.3 Å². The van der Waals surface area contributed by atoms with Gasteiger partial charge in [-0.1, -0.05) is 41.4 Å². The number of aromatic nitrogens is 3. The summed E-state index contributed by atoms with van der Waals surface area (Å²) in [6.07, 6.45) is 1.68. The zero-order valence-corrected chi connectivity index (χ0v) is 21.9. The molecule has 0 amide bonds. The summed E-state index contributed by atoms with van der Waals surface area (Å²) in [6.45, 7) is 3.58. The molecule has 1 spiro atoms. The summed E-state index contributed by atoms with van der Waals surface area (Å²) in [5, 5.41) is 7.77. The van der Waals surface area contributed by atoms with Gasteiger partial charge in [0, 0.05) is 28.6 Å². The quantitative estimate of drug-likeness (QED) is 0.312. The van der Waals surface area contributed by atoms with Crippen LogP contribution in [0.25, 0.3) is 0 Å². The molecule has 3 aromatic carbocycles. The number of halogens is 4. The van der Waals surface area contributed by atoms with Crippen LogP contribution in [-0.4, -0.2) is 27.1 Å². The van der Waals surface area contributed by atoms with Crippen LogP contribution in [0, 0.1) is 11.6 Å². The minimum absolute atomic E-state index is 0.0931. The fourth-order valence-corrected chi connectivity index (χ4v) is 6.23. The molecule has 0 unspecified atom stereocenters. The molecular formula is C28H22Cl2F2N4O2. The maximum absolute atomic E-state index is 16.0. The third kappa shape index (κ3) is 3.69. The van der Waals surface area contributed by atoms with E-state index in [1.54, 1.807) is 38.3 Å². The van der Waals surface area contributed by atoms with Crippen LogP contribution in [0.5, 0.6) is 5.75 Å². The topological polar surface area (TPSA) is 72.3 Å². The highest BCUT2D eigenvalue weighted by Gasteiger charge is 2.57. The van der Waals surface area contributed by atoms with Gasteiger partial charge in [-0.3, -0.25) is 9.56 Å². The van der Waals surface area contributed by atoms with E-state index < -0.39 is 34.7 Å². The highest BCUT2D eigenvalue weighted by Crippen LogP contribution is 2.59. The Hall–Kier alpha value is -3.49. The van der Waals surface area contributed by atoms with Gasteiger partial charge in [0.2, 0.25) is 0 Å². The molecule has 2 aliphatic heterocycles. The van der Waals surface area contributed by atoms with Gasteiger partial charge in [-0.15, -0.1) is 0 Å². The van der Waals surface area contributed by atoms with E-state index in [0.29, 0.717) is 28.0 Å². The van der Waals surface area contributed by atoms with Gasteiger partial charge in [-0.2, -0.15) is 5.10 Å². The van der Waals surface area contributed by atoms with E-state index in [1.165, 1.54) is 10.6 Å². The number of hydrogen-bond acceptors (Lipinski definition) is 4. The number of nitrogens with zero attached hydrogens (tertiary/aromatic N) is 3. The van der Waals surface area contributed by atoms with Crippen molar-refractivity contribution in [2.75, 3.05) is 0 Å². The lowest BCUT2D eigenvalue weighted by atomic mass is 9.60. The molecule has 1 aromatic heterocycles. The standard InChI is InChI=1S/C28H22Cl2F2N4O2/c1-14(2)38-22-9-8-20(31)25(32)24(22)26-28(13-33-21-11-17(30)6-7-18(21)28)19(15-4-3-5-16(29)10-15)12-23-34-35-27(37)36(23)26/h3-11,13-14,19,26H,12H2,1-2H3,(H,35,37)/t19-,26-,28+/m0/s1. The van der Waals surface area contributed by atoms with Crippen molar-refractivity contribution >= 4 is 35.1 Å². The molecule has 2 aliphatic rings. The SMILES string of the molecule is CC(C)Oc1ccc(F)c(F)c1[C@@H]1n2c(n[nH]c2=O)C[C@@H](c2cccc(Cl)c2)[C@]12C=Nc1cc(Cl)ccc12. The van der Waals surface area contributed by atoms with Crippen molar-refractivity contribution in [3.05, 3.63) is 109 Å². The van der Waals surface area contributed by atoms with E-state index in [4.69, 9.17) is 32.9 Å². The largest absolute Gasteiger partial charge is 0.491 e. The monoisotopic (exact) mass is 554 g/mol. The summed E-state index contributed by atoms with van der Waals surface area (Å²) in [6, 6.07) is 13.9. The van der Waals surface area contributed by atoms with Crippen molar-refractivity contribution in [2.24, 2.45) is 4.99 Å². The summed E-state index contributed by atoms with van der Waals surface area (Å²) >= 11 is 12.7. The predicted octanol–water partition coefficient (Wildman–Crippen LogP) is 6.53. The molecule has 0 saturated heterocycles. The van der Waals surface area contributed by atoms with E-state index in [0.717, 1.165) is 17.2 Å². The first-order valence-electron chi connectivity index (χ1n) is 12.1. The average molecular weight is 555 g/mol. The summed E-state index contributed by atoms with van der Waals surface area (Å²) in [5.41, 5.74) is 0.344. The Morgan fingerprint density at radius 3 is 2.66 bits per heavy atom. The van der Waals surface area contributed by atoms with Crippen LogP contribution in [0.1, 0.15) is 48.3 Å². The lowest BCUT2D eigenvalue weighted by molar-refractivity contribution is 0.223. The number of rotatable bonds is 4. The van der Waals surface area contributed by atoms with E-state index in [2.05, 4.69) is 10.2 Å². The Morgan fingerprint density at radius 1 is 1.11 bits per heavy atom. The zero-order chi connectivity index (χ0) is 26.8. The van der Waals surface area contributed by atoms with E-state index in [-0.39, 0.29) is 17.4 Å². The highest BCUT2D eigenvalue weighted by molar-refractivity contribution is 6.31. The van der Waals surface area contributed by atoms with Crippen LogP contribution < -0.4 is 10.4 Å². The van der Waals surface area contributed by atoms with Gasteiger partial charge >= 0.3 is 5.69 Å². The van der Waals surface area contributed by atoms with Crippen LogP contribution in [0.3, 0.4) is 0 Å². The molecule has 4 aromatic rings. The minimum atomic E-state index is -1.14. The molecule has 0 fully saturated rings. The smallest absolute Gasteiger partial charge is 0.343 e. The molecule has 38 heavy (non-hydrogen) atoms. The average Bonchev–Trinajstić information content (AvgIpc) is 3.43. The number of aromatic amines is 1. The first-order valence-corrected chi connectivity index (χ1v) is 12.9. The van der Waals surface area contributed by atoms with Crippen molar-refractivity contribution < 1.29 is 13.5 Å². The van der Waals surface area contributed by atoms with Gasteiger partial charge in [0.05, 0.1) is 28.8 Å². The van der Waals surface area contributed by atoms with Crippen LogP contribution in [0.15, 0.2) is 64.4 Å². The Bertz CT molecular complexity index is 1670. The second-order valence-corrected chi connectivity index (χ2v) is 10.7. The summed E-state index contributed by atoms with van der Waals surface area (Å²) in [7, 11) is 0. The molecule has 6 nitrogen and oxygen atoms in total. The molecule has 0 saturated carbocycles. The zero-order valence-electron chi connectivity index (χ0n) is 20.4. The summed E-state index contributed by atoms with van der Waals surface area (Å²) in [5.74, 6) is -2.04. The van der Waals surface area contributed by atoms with Crippen molar-refractivity contribution in [2.45, 2.75) is 43.7 Å². The fraction of sp³-hybridized carbons (Fsp3) is 0.250. The number of H-pyrrole nitrogens is 1. The molecular weight excluding hydrogens is 533 g/mol. The van der Waals surface area contributed by atoms with Crippen LogP contribution >= 0.6 is 23.2 Å². The van der Waals surface area contributed by atoms with Gasteiger partial charge in [0.25, 0.3) is 0 Å². The molecule has 1 N–H and O–H groups in total. The van der Waals surface area contributed by atoms with Gasteiger partial charge in [-0.25, -0.2) is 18.7 Å². The van der Waals surface area contributed by atoms with Gasteiger partial charge in [-0.05, 0) is 61.4 Å². The number of nitrogens with one attached hydrogen (secondary N) is 1. The minimum Gasteiger partial charge on any atom is -0.491 e. The van der Waals surface area contributed by atoms with Crippen LogP contribution in [0.4, 0.5) is 14.5 Å². The van der Waals surface area contributed by atoms with Gasteiger partial charge in [0.1, 0.15) is 11.6 Å². The Morgan fingerprint density at radius 2 is 1.89 bits per heavy atom. The molecule has 194 valence electrons. The molecule has 0 bridgehead atoms. The number of hydrogen-bond donors (Lipinski definition) is 1. The first kappa shape index (κ1) is 24.8. The predicted molar refractivity (Wildman–Crippen MR) is 142 cm³/mol. The lowest BCUT2D eigenvalue weighted by Crippen LogP contribution is -2.50. The second-order valence-electron chi connectivity index (χ2n) is 9.82. The van der Waals surface area contributed by atoms with Crippen molar-refractivity contribution in [3.63, 3.8) is 0 Å². The molecule has 3 atom stereocenters. The van der Waals surface area contributed by atoms with Gasteiger partial charge < -0.3 is 4.74 Å². The van der Waals surface area contributed by atoms with Crippen molar-refractivity contribution in [3.8, 4) is 5.75 Å². The van der Waals surface area contributed by atoms with E-state index >= 15 is 4.39 Å². The van der Waals surface area contributed by atoms with Crippen LogP contribution in [-0.2, 0) is 11.8 Å². The van der Waals surface area contributed by atoms with Crippen molar-refractivity contribution in [1.29, 1.82) is 0 Å². The summed E-state index contributed by atoms with van der Waals surface area (Å²) in [4.78, 5) is 18.0. The Kier molecular flexibility index (Phi) is 5.92. The number of aliphatic imine (C=N–C) groups is 1. The normalized spacial score (nSPS) is 21.7. The maximum Gasteiger partial charge on any atom is 0.343 e. The summed E-state index contributed by atoms with van der Waals surface area (Å²) < 4.78 is 38.3. The third-order valence-electron chi connectivity index (χ3n) is 7.27. The van der Waals surface area contributed by atoms with Crippen molar-refractivity contribution in [1.82, 2.24) is 14.8 Å². The molecule has 3 heterocycles. The van der Waals surface area contributed by atoms with Gasteiger partial charge in [0.15, 0.2) is 11.6 Å². The number of benzene rings is 3. The number of fused-ring (bicyclic) bond motifs is 3. The molecule has 10 heteroatoms. The highest BCUT2D eigenvalue weighted by atomic mass is 35.5. The number of ether oxygens (including phenoxy) is 1. The molecule has 6 rings (SSSR count). The molecule has 0 radical (unpaired) electrons. The fourth-order valence-electron chi connectivity index (χ4n) is 5.87. The lowest BCUT2D eigenvalue weighted by Gasteiger charge is -2.47. The van der Waals surface area contributed by atoms with Crippen LogP contribution in [0.2, 0.25) is 10.0 Å². The Labute approximate surface area is 226 Å². The van der Waals surface area contributed by atoms with E-state index in [9.17, 15) is 9.18 Å². The third-order valence-corrected chi connectivity index (χ3v) is 7.74.